The lowest BCUT2D eigenvalue weighted by Crippen LogP contribution is -2.37. The van der Waals surface area contributed by atoms with E-state index < -0.39 is 15.7 Å². The summed E-state index contributed by atoms with van der Waals surface area (Å²) in [6.45, 7) is 1.67. The van der Waals surface area contributed by atoms with Gasteiger partial charge in [-0.25, -0.2) is 12.8 Å². The van der Waals surface area contributed by atoms with Crippen molar-refractivity contribution in [3.63, 3.8) is 0 Å². The first kappa shape index (κ1) is 21.1. The molecule has 1 saturated heterocycles. The molecule has 1 N–H and O–H groups in total. The van der Waals surface area contributed by atoms with Crippen LogP contribution in [0.2, 0.25) is 5.02 Å². The summed E-state index contributed by atoms with van der Waals surface area (Å²) >= 11 is 7.30. The molecule has 30 heavy (non-hydrogen) atoms. The fourth-order valence-electron chi connectivity index (χ4n) is 3.46. The Morgan fingerprint density at radius 2 is 2.07 bits per heavy atom. The Labute approximate surface area is 183 Å². The van der Waals surface area contributed by atoms with Gasteiger partial charge in [-0.3, -0.25) is 9.79 Å². The number of carbonyl (C=O) groups is 1. The van der Waals surface area contributed by atoms with Gasteiger partial charge < -0.3 is 10.2 Å². The minimum atomic E-state index is -3.11. The first-order valence-corrected chi connectivity index (χ1v) is 12.3. The van der Waals surface area contributed by atoms with Gasteiger partial charge in [0.05, 0.1) is 23.2 Å². The van der Waals surface area contributed by atoms with E-state index in [1.165, 1.54) is 22.7 Å². The second-order valence-electron chi connectivity index (χ2n) is 7.26. The van der Waals surface area contributed by atoms with E-state index in [0.29, 0.717) is 15.9 Å². The van der Waals surface area contributed by atoms with Gasteiger partial charge in [-0.15, -0.1) is 0 Å². The Kier molecular flexibility index (Phi) is 5.78. The highest BCUT2D eigenvalue weighted by Crippen LogP contribution is 2.37. The van der Waals surface area contributed by atoms with Gasteiger partial charge in [-0.05, 0) is 36.8 Å². The Morgan fingerprint density at radius 1 is 1.30 bits per heavy atom. The number of hydrogen-bond acceptors (Lipinski definition) is 6. The molecule has 0 aromatic heterocycles. The largest absolute Gasteiger partial charge is 0.324 e. The molecule has 2 aliphatic heterocycles. The van der Waals surface area contributed by atoms with Crippen molar-refractivity contribution in [3.8, 4) is 0 Å². The number of rotatable bonds is 4. The monoisotopic (exact) mass is 467 g/mol. The molecule has 4 rings (SSSR count). The molecule has 2 aromatic carbocycles. The normalized spacial score (nSPS) is 21.8. The molecule has 0 bridgehead atoms. The van der Waals surface area contributed by atoms with Crippen molar-refractivity contribution in [2.45, 2.75) is 18.2 Å². The number of nitrogens with one attached hydrogen (secondary N) is 1. The number of benzene rings is 2. The quantitative estimate of drug-likeness (QED) is 0.744. The second-order valence-corrected chi connectivity index (χ2v) is 11.1. The van der Waals surface area contributed by atoms with Crippen LogP contribution in [0.15, 0.2) is 47.5 Å². The van der Waals surface area contributed by atoms with Crippen molar-refractivity contribution in [1.29, 1.82) is 0 Å². The number of thioether (sulfide) groups is 1. The molecule has 0 aliphatic carbocycles. The number of amidine groups is 1. The van der Waals surface area contributed by atoms with E-state index in [0.717, 1.165) is 5.56 Å². The van der Waals surface area contributed by atoms with Gasteiger partial charge in [-0.2, -0.15) is 0 Å². The van der Waals surface area contributed by atoms with E-state index in [2.05, 4.69) is 10.3 Å². The summed E-state index contributed by atoms with van der Waals surface area (Å²) in [6, 6.07) is 10.9. The number of carbonyl (C=O) groups excluding carboxylic acids is 1. The number of halogens is 2. The van der Waals surface area contributed by atoms with E-state index in [1.54, 1.807) is 36.4 Å². The molecule has 0 saturated carbocycles. The molecule has 2 atom stereocenters. The van der Waals surface area contributed by atoms with Gasteiger partial charge in [0.25, 0.3) is 0 Å². The van der Waals surface area contributed by atoms with Gasteiger partial charge in [-0.1, -0.05) is 41.6 Å². The molecule has 6 nitrogen and oxygen atoms in total. The number of amides is 1. The maximum atomic E-state index is 14.5. The summed E-state index contributed by atoms with van der Waals surface area (Å²) in [5.41, 5.74) is 1.63. The number of sulfone groups is 1. The Hall–Kier alpha value is -2.10. The lowest BCUT2D eigenvalue weighted by molar-refractivity contribution is -0.114. The fourth-order valence-corrected chi connectivity index (χ4v) is 7.40. The predicted molar refractivity (Wildman–Crippen MR) is 120 cm³/mol. The number of anilines is 2. The fraction of sp³-hybridized carbons (Fsp3) is 0.300. The Morgan fingerprint density at radius 3 is 2.80 bits per heavy atom. The molecular formula is C20H19ClFN3O3S2. The van der Waals surface area contributed by atoms with Crippen molar-refractivity contribution < 1.29 is 17.6 Å². The number of para-hydroxylation sites is 1. The van der Waals surface area contributed by atoms with Crippen LogP contribution >= 0.6 is 23.4 Å². The standard InChI is InChI=1S/C20H19ClFN3O3S2/c1-12-6-7-13(21)8-15(12)23-19(26)9-25(17-5-3-2-4-14(17)22)20-24-16-10-30(27,28)11-18(16)29-20/h2-8,16,18H,9-11H2,1H3,(H,23,26)/t16-,18-/m1/s1. The lowest BCUT2D eigenvalue weighted by atomic mass is 10.2. The smallest absolute Gasteiger partial charge is 0.244 e. The van der Waals surface area contributed by atoms with Gasteiger partial charge in [0.15, 0.2) is 15.0 Å². The van der Waals surface area contributed by atoms with Crippen molar-refractivity contribution in [1.82, 2.24) is 0 Å². The van der Waals surface area contributed by atoms with Gasteiger partial charge in [0.2, 0.25) is 5.91 Å². The zero-order chi connectivity index (χ0) is 21.5. The van der Waals surface area contributed by atoms with Crippen molar-refractivity contribution in [3.05, 3.63) is 58.9 Å². The number of aryl methyl sites for hydroxylation is 1. The third-order valence-corrected chi connectivity index (χ3v) is 8.44. The van der Waals surface area contributed by atoms with Gasteiger partial charge >= 0.3 is 0 Å². The molecule has 158 valence electrons. The third kappa shape index (κ3) is 4.48. The highest BCUT2D eigenvalue weighted by atomic mass is 35.5. The van der Waals surface area contributed by atoms with Crippen LogP contribution in [0.3, 0.4) is 0 Å². The summed E-state index contributed by atoms with van der Waals surface area (Å²) in [5.74, 6) is -0.838. The number of fused-ring (bicyclic) bond motifs is 1. The van der Waals surface area contributed by atoms with Crippen LogP contribution in [0, 0.1) is 12.7 Å². The molecule has 2 heterocycles. The van der Waals surface area contributed by atoms with Crippen molar-refractivity contribution >= 4 is 55.6 Å². The minimum absolute atomic E-state index is 0.0207. The summed E-state index contributed by atoms with van der Waals surface area (Å²) in [7, 11) is -3.11. The maximum absolute atomic E-state index is 14.5. The van der Waals surface area contributed by atoms with E-state index >= 15 is 0 Å². The highest BCUT2D eigenvalue weighted by Gasteiger charge is 2.44. The molecule has 0 unspecified atom stereocenters. The summed E-state index contributed by atoms with van der Waals surface area (Å²) in [5, 5.41) is 3.54. The van der Waals surface area contributed by atoms with E-state index in [9.17, 15) is 17.6 Å². The highest BCUT2D eigenvalue weighted by molar-refractivity contribution is 8.15. The number of aliphatic imine (C=N–C) groups is 1. The van der Waals surface area contributed by atoms with Crippen LogP contribution < -0.4 is 10.2 Å². The van der Waals surface area contributed by atoms with Gasteiger partial charge in [0.1, 0.15) is 12.4 Å². The Bertz CT molecular complexity index is 1140. The minimum Gasteiger partial charge on any atom is -0.324 e. The predicted octanol–water partition coefficient (Wildman–Crippen LogP) is 3.50. The van der Waals surface area contributed by atoms with Crippen molar-refractivity contribution in [2.75, 3.05) is 28.3 Å². The SMILES string of the molecule is Cc1ccc(Cl)cc1NC(=O)CN(C1=N[C@@H]2CS(=O)(=O)C[C@H]2S1)c1ccccc1F. The van der Waals surface area contributed by atoms with E-state index in [4.69, 9.17) is 11.6 Å². The summed E-state index contributed by atoms with van der Waals surface area (Å²) < 4.78 is 38.3. The number of hydrogen-bond donors (Lipinski definition) is 1. The third-order valence-electron chi connectivity index (χ3n) is 4.95. The second kappa shape index (κ2) is 8.20. The zero-order valence-corrected chi connectivity index (χ0v) is 18.4. The zero-order valence-electron chi connectivity index (χ0n) is 16.0. The van der Waals surface area contributed by atoms with Gasteiger partial charge in [0, 0.05) is 16.0 Å². The first-order valence-electron chi connectivity index (χ1n) is 9.25. The van der Waals surface area contributed by atoms with E-state index in [-0.39, 0.29) is 40.9 Å². The molecule has 2 aliphatic rings. The Balaban J connectivity index is 1.60. The molecule has 0 radical (unpaired) electrons. The van der Waals surface area contributed by atoms with Crippen LogP contribution in [0.4, 0.5) is 15.8 Å². The molecule has 1 amide bonds. The van der Waals surface area contributed by atoms with Crippen LogP contribution in [0.5, 0.6) is 0 Å². The van der Waals surface area contributed by atoms with Crippen LogP contribution in [-0.2, 0) is 14.6 Å². The summed E-state index contributed by atoms with van der Waals surface area (Å²) in [6.07, 6.45) is 0. The van der Waals surface area contributed by atoms with E-state index in [1.807, 2.05) is 6.92 Å². The number of nitrogens with zero attached hydrogens (tertiary/aromatic N) is 2. The van der Waals surface area contributed by atoms with Crippen LogP contribution in [0.25, 0.3) is 0 Å². The average molecular weight is 468 g/mol. The molecular weight excluding hydrogens is 449 g/mol. The molecule has 10 heteroatoms. The molecule has 1 fully saturated rings. The first-order chi connectivity index (χ1) is 14.2. The van der Waals surface area contributed by atoms with Crippen LogP contribution in [0.1, 0.15) is 5.56 Å². The topological polar surface area (TPSA) is 78.8 Å². The van der Waals surface area contributed by atoms with Crippen molar-refractivity contribution in [2.24, 2.45) is 4.99 Å². The maximum Gasteiger partial charge on any atom is 0.244 e. The summed E-state index contributed by atoms with van der Waals surface area (Å²) in [4.78, 5) is 18.8. The molecule has 0 spiro atoms. The average Bonchev–Trinajstić information content (AvgIpc) is 3.17. The lowest BCUT2D eigenvalue weighted by Gasteiger charge is -2.24. The van der Waals surface area contributed by atoms with Crippen LogP contribution in [-0.4, -0.2) is 48.8 Å². The molecule has 2 aromatic rings.